The summed E-state index contributed by atoms with van der Waals surface area (Å²) in [5.74, 6) is -0.625. The molecule has 0 aliphatic carbocycles. The molecule has 7 nitrogen and oxygen atoms in total. The van der Waals surface area contributed by atoms with E-state index in [0.29, 0.717) is 32.8 Å². The molecule has 1 aromatic rings. The third-order valence-corrected chi connectivity index (χ3v) is 4.93. The lowest BCUT2D eigenvalue weighted by Crippen LogP contribution is -2.53. The zero-order valence-corrected chi connectivity index (χ0v) is 15.9. The first kappa shape index (κ1) is 21.4. The Morgan fingerprint density at radius 2 is 1.90 bits per heavy atom. The molecule has 1 aromatic carbocycles. The summed E-state index contributed by atoms with van der Waals surface area (Å²) in [7, 11) is 0. The summed E-state index contributed by atoms with van der Waals surface area (Å²) in [6, 6.07) is 5.69. The number of hydrogen-bond acceptors (Lipinski definition) is 5. The molecule has 1 N–H and O–H groups in total. The van der Waals surface area contributed by atoms with Crippen molar-refractivity contribution in [2.24, 2.45) is 0 Å². The fourth-order valence-electron chi connectivity index (χ4n) is 3.43. The Kier molecular flexibility index (Phi) is 6.96. The molecular weight excluding hydrogens is 391 g/mol. The third-order valence-electron chi connectivity index (χ3n) is 4.93. The molecule has 2 amide bonds. The molecule has 3 rings (SSSR count). The Labute approximate surface area is 166 Å². The molecule has 2 saturated heterocycles. The van der Waals surface area contributed by atoms with Crippen LogP contribution in [0.3, 0.4) is 0 Å². The van der Waals surface area contributed by atoms with Crippen LogP contribution in [0.5, 0.6) is 5.75 Å². The van der Waals surface area contributed by atoms with Crippen LogP contribution in [0.25, 0.3) is 0 Å². The molecule has 10 heteroatoms. The maximum absolute atomic E-state index is 12.5. The standard InChI is InChI=1S/C19H24F3N3O4/c20-19(21,22)29-15-5-2-1-4-14(15)12-23-17(26)13-24-7-9-25(10-8-24)18(27)16-6-3-11-28-16/h1-2,4-5,16H,3,6-13H2,(H,23,26)/t16-/m0/s1. The Hall–Kier alpha value is -2.33. The molecule has 2 heterocycles. The number of alkyl halides is 3. The van der Waals surface area contributed by atoms with Crippen LogP contribution >= 0.6 is 0 Å². The molecule has 0 aromatic heterocycles. The highest BCUT2D eigenvalue weighted by Crippen LogP contribution is 2.26. The summed E-state index contributed by atoms with van der Waals surface area (Å²) in [6.07, 6.45) is -3.49. The SMILES string of the molecule is O=C(CN1CCN(C(=O)[C@@H]2CCCO2)CC1)NCc1ccccc1OC(F)(F)F. The van der Waals surface area contributed by atoms with Gasteiger partial charge in [0.25, 0.3) is 5.91 Å². The van der Waals surface area contributed by atoms with Crippen molar-refractivity contribution in [3.63, 3.8) is 0 Å². The van der Waals surface area contributed by atoms with Crippen LogP contribution in [0.4, 0.5) is 13.2 Å². The average Bonchev–Trinajstić information content (AvgIpc) is 3.21. The molecular formula is C19H24F3N3O4. The van der Waals surface area contributed by atoms with Crippen LogP contribution in [0.1, 0.15) is 18.4 Å². The number of ether oxygens (including phenoxy) is 2. The van der Waals surface area contributed by atoms with Crippen LogP contribution in [-0.2, 0) is 20.9 Å². The van der Waals surface area contributed by atoms with E-state index in [2.05, 4.69) is 10.1 Å². The van der Waals surface area contributed by atoms with Gasteiger partial charge in [0.2, 0.25) is 5.91 Å². The van der Waals surface area contributed by atoms with E-state index in [9.17, 15) is 22.8 Å². The molecule has 1 atom stereocenters. The first-order valence-corrected chi connectivity index (χ1v) is 9.55. The second-order valence-corrected chi connectivity index (χ2v) is 7.04. The number of piperazine rings is 1. The Morgan fingerprint density at radius 3 is 2.55 bits per heavy atom. The number of rotatable bonds is 6. The van der Waals surface area contributed by atoms with Gasteiger partial charge in [0, 0.05) is 44.9 Å². The van der Waals surface area contributed by atoms with Gasteiger partial charge in [0.1, 0.15) is 11.9 Å². The Bertz CT molecular complexity index is 715. The van der Waals surface area contributed by atoms with Crippen LogP contribution in [0, 0.1) is 0 Å². The summed E-state index contributed by atoms with van der Waals surface area (Å²) in [6.45, 7) is 2.82. The second-order valence-electron chi connectivity index (χ2n) is 7.04. The van der Waals surface area contributed by atoms with Crippen LogP contribution in [0.2, 0.25) is 0 Å². The van der Waals surface area contributed by atoms with Crippen LogP contribution in [0.15, 0.2) is 24.3 Å². The number of hydrogen-bond donors (Lipinski definition) is 1. The molecule has 0 radical (unpaired) electrons. The number of amides is 2. The lowest BCUT2D eigenvalue weighted by Gasteiger charge is -2.35. The van der Waals surface area contributed by atoms with E-state index in [0.717, 1.165) is 12.8 Å². The molecule has 0 unspecified atom stereocenters. The summed E-state index contributed by atoms with van der Waals surface area (Å²) >= 11 is 0. The summed E-state index contributed by atoms with van der Waals surface area (Å²) < 4.78 is 46.8. The van der Waals surface area contributed by atoms with Gasteiger partial charge in [0.05, 0.1) is 6.54 Å². The highest BCUT2D eigenvalue weighted by atomic mass is 19.4. The first-order chi connectivity index (χ1) is 13.8. The molecule has 2 aliphatic rings. The van der Waals surface area contributed by atoms with E-state index >= 15 is 0 Å². The van der Waals surface area contributed by atoms with Crippen LogP contribution < -0.4 is 10.1 Å². The van der Waals surface area contributed by atoms with E-state index in [-0.39, 0.29) is 42.3 Å². The van der Waals surface area contributed by atoms with E-state index in [1.165, 1.54) is 18.2 Å². The maximum atomic E-state index is 12.5. The zero-order valence-electron chi connectivity index (χ0n) is 15.9. The van der Waals surface area contributed by atoms with Crippen molar-refractivity contribution in [2.45, 2.75) is 31.9 Å². The van der Waals surface area contributed by atoms with Gasteiger partial charge in [-0.25, -0.2) is 0 Å². The highest BCUT2D eigenvalue weighted by molar-refractivity contribution is 5.81. The second kappa shape index (κ2) is 9.45. The predicted octanol–water partition coefficient (Wildman–Crippen LogP) is 1.52. The maximum Gasteiger partial charge on any atom is 0.573 e. The van der Waals surface area contributed by atoms with E-state index in [1.54, 1.807) is 11.0 Å². The summed E-state index contributed by atoms with van der Waals surface area (Å²) in [5, 5.41) is 2.62. The van der Waals surface area contributed by atoms with Gasteiger partial charge in [-0.05, 0) is 18.9 Å². The lowest BCUT2D eigenvalue weighted by atomic mass is 10.2. The highest BCUT2D eigenvalue weighted by Gasteiger charge is 2.32. The van der Waals surface area contributed by atoms with Gasteiger partial charge in [-0.15, -0.1) is 13.2 Å². The van der Waals surface area contributed by atoms with E-state index < -0.39 is 6.36 Å². The molecule has 2 fully saturated rings. The van der Waals surface area contributed by atoms with Gasteiger partial charge >= 0.3 is 6.36 Å². The lowest BCUT2D eigenvalue weighted by molar-refractivity contribution is -0.274. The fourth-order valence-corrected chi connectivity index (χ4v) is 3.43. The average molecular weight is 415 g/mol. The first-order valence-electron chi connectivity index (χ1n) is 9.55. The van der Waals surface area contributed by atoms with Gasteiger partial charge in [-0.2, -0.15) is 0 Å². The van der Waals surface area contributed by atoms with Gasteiger partial charge in [-0.1, -0.05) is 18.2 Å². The van der Waals surface area contributed by atoms with Crippen molar-refractivity contribution in [1.29, 1.82) is 0 Å². The smallest absolute Gasteiger partial charge is 0.405 e. The van der Waals surface area contributed by atoms with Crippen LogP contribution in [-0.4, -0.2) is 73.4 Å². The van der Waals surface area contributed by atoms with Crippen molar-refractivity contribution in [2.75, 3.05) is 39.3 Å². The van der Waals surface area contributed by atoms with Gasteiger partial charge < -0.3 is 19.7 Å². The predicted molar refractivity (Wildman–Crippen MR) is 97.0 cm³/mol. The Balaban J connectivity index is 1.42. The largest absolute Gasteiger partial charge is 0.573 e. The van der Waals surface area contributed by atoms with Crippen molar-refractivity contribution >= 4 is 11.8 Å². The minimum absolute atomic E-state index is 0.00729. The normalized spacial score (nSPS) is 20.5. The molecule has 0 bridgehead atoms. The summed E-state index contributed by atoms with van der Waals surface area (Å²) in [5.41, 5.74) is 0.241. The molecule has 160 valence electrons. The third kappa shape index (κ3) is 6.33. The minimum Gasteiger partial charge on any atom is -0.405 e. The topological polar surface area (TPSA) is 71.1 Å². The van der Waals surface area contributed by atoms with Crippen molar-refractivity contribution < 1.29 is 32.2 Å². The van der Waals surface area contributed by atoms with E-state index in [4.69, 9.17) is 4.74 Å². The number of halogens is 3. The quantitative estimate of drug-likeness (QED) is 0.763. The zero-order chi connectivity index (χ0) is 20.9. The molecule has 0 spiro atoms. The monoisotopic (exact) mass is 415 g/mol. The fraction of sp³-hybridized carbons (Fsp3) is 0.579. The Morgan fingerprint density at radius 1 is 1.17 bits per heavy atom. The number of benzene rings is 1. The van der Waals surface area contributed by atoms with Gasteiger partial charge in [0.15, 0.2) is 0 Å². The van der Waals surface area contributed by atoms with Crippen molar-refractivity contribution in [3.8, 4) is 5.75 Å². The van der Waals surface area contributed by atoms with Crippen molar-refractivity contribution in [1.82, 2.24) is 15.1 Å². The van der Waals surface area contributed by atoms with E-state index in [1.807, 2.05) is 4.90 Å². The number of carbonyl (C=O) groups excluding carboxylic acids is 2. The number of nitrogens with one attached hydrogen (secondary N) is 1. The number of carbonyl (C=O) groups is 2. The molecule has 2 aliphatic heterocycles. The van der Waals surface area contributed by atoms with Crippen molar-refractivity contribution in [3.05, 3.63) is 29.8 Å². The minimum atomic E-state index is -4.79. The van der Waals surface area contributed by atoms with Gasteiger partial charge in [-0.3, -0.25) is 14.5 Å². The molecule has 0 saturated carbocycles. The number of nitrogens with zero attached hydrogens (tertiary/aromatic N) is 2. The summed E-state index contributed by atoms with van der Waals surface area (Å²) in [4.78, 5) is 28.2. The molecule has 29 heavy (non-hydrogen) atoms. The number of para-hydroxylation sites is 1.